The first kappa shape index (κ1) is 16.1. The lowest BCUT2D eigenvalue weighted by Gasteiger charge is -2.11. The maximum atomic E-state index is 6.45. The minimum atomic E-state index is 0.259. The zero-order chi connectivity index (χ0) is 15.6. The summed E-state index contributed by atoms with van der Waals surface area (Å²) in [6, 6.07) is 4.02. The van der Waals surface area contributed by atoms with E-state index in [1.807, 2.05) is 26.1 Å². The molecule has 21 heavy (non-hydrogen) atoms. The molecule has 0 bridgehead atoms. The van der Waals surface area contributed by atoms with Gasteiger partial charge in [0.05, 0.1) is 24.9 Å². The standard InChI is InChI=1S/C15H19ClN2O2S/c1-8(17-3)14-9(2)18-15(21-14)10-6-7-11(19-4)13(20-5)12(10)16/h6-8,17H,1-5H3. The molecule has 0 aliphatic rings. The van der Waals surface area contributed by atoms with Crippen LogP contribution < -0.4 is 14.8 Å². The van der Waals surface area contributed by atoms with E-state index in [0.29, 0.717) is 16.5 Å². The smallest absolute Gasteiger partial charge is 0.180 e. The van der Waals surface area contributed by atoms with Crippen LogP contribution in [-0.4, -0.2) is 26.3 Å². The van der Waals surface area contributed by atoms with Crippen molar-refractivity contribution in [3.63, 3.8) is 0 Å². The maximum Gasteiger partial charge on any atom is 0.180 e. The Morgan fingerprint density at radius 1 is 1.29 bits per heavy atom. The average Bonchev–Trinajstić information content (AvgIpc) is 2.87. The number of aryl methyl sites for hydroxylation is 1. The van der Waals surface area contributed by atoms with Crippen molar-refractivity contribution in [2.45, 2.75) is 19.9 Å². The summed E-state index contributed by atoms with van der Waals surface area (Å²) in [6.45, 7) is 4.12. The van der Waals surface area contributed by atoms with E-state index in [-0.39, 0.29) is 6.04 Å². The van der Waals surface area contributed by atoms with Crippen LogP contribution in [0.1, 0.15) is 23.5 Å². The number of nitrogens with zero attached hydrogens (tertiary/aromatic N) is 1. The number of thiazole rings is 1. The second-order valence-electron chi connectivity index (χ2n) is 4.64. The molecule has 0 fully saturated rings. The van der Waals surface area contributed by atoms with Gasteiger partial charge in [-0.3, -0.25) is 0 Å². The zero-order valence-corrected chi connectivity index (χ0v) is 14.4. The summed E-state index contributed by atoms with van der Waals surface area (Å²) < 4.78 is 10.6. The summed E-state index contributed by atoms with van der Waals surface area (Å²) >= 11 is 8.09. The van der Waals surface area contributed by atoms with Gasteiger partial charge in [-0.25, -0.2) is 4.98 Å². The van der Waals surface area contributed by atoms with Gasteiger partial charge in [-0.05, 0) is 33.0 Å². The van der Waals surface area contributed by atoms with Crippen molar-refractivity contribution in [3.05, 3.63) is 27.7 Å². The number of halogens is 1. The number of ether oxygens (including phenoxy) is 2. The zero-order valence-electron chi connectivity index (χ0n) is 12.8. The second kappa shape index (κ2) is 6.64. The van der Waals surface area contributed by atoms with Crippen LogP contribution in [0.4, 0.5) is 0 Å². The molecule has 0 saturated heterocycles. The highest BCUT2D eigenvalue weighted by Gasteiger charge is 2.19. The summed E-state index contributed by atoms with van der Waals surface area (Å²) in [5.41, 5.74) is 1.87. The number of hydrogen-bond acceptors (Lipinski definition) is 5. The largest absolute Gasteiger partial charge is 0.493 e. The normalized spacial score (nSPS) is 12.3. The molecule has 0 amide bonds. The first-order valence-electron chi connectivity index (χ1n) is 6.58. The highest BCUT2D eigenvalue weighted by molar-refractivity contribution is 7.15. The molecule has 1 heterocycles. The first-order chi connectivity index (χ1) is 10.0. The lowest BCUT2D eigenvalue weighted by molar-refractivity contribution is 0.355. The van der Waals surface area contributed by atoms with Crippen molar-refractivity contribution in [3.8, 4) is 22.1 Å². The fourth-order valence-corrected chi connectivity index (χ4v) is 3.65. The first-order valence-corrected chi connectivity index (χ1v) is 7.78. The van der Waals surface area contributed by atoms with Crippen molar-refractivity contribution in [1.82, 2.24) is 10.3 Å². The van der Waals surface area contributed by atoms with Gasteiger partial charge in [0.2, 0.25) is 0 Å². The molecule has 1 aromatic heterocycles. The predicted octanol–water partition coefficient (Wildman–Crippen LogP) is 4.07. The van der Waals surface area contributed by atoms with E-state index in [4.69, 9.17) is 21.1 Å². The Morgan fingerprint density at radius 2 is 2.00 bits per heavy atom. The topological polar surface area (TPSA) is 43.4 Å². The molecule has 2 rings (SSSR count). The molecule has 2 aromatic rings. The van der Waals surface area contributed by atoms with Gasteiger partial charge in [0.15, 0.2) is 11.5 Å². The molecular formula is C15H19ClN2O2S. The molecule has 114 valence electrons. The lowest BCUT2D eigenvalue weighted by atomic mass is 10.2. The van der Waals surface area contributed by atoms with E-state index < -0.39 is 0 Å². The van der Waals surface area contributed by atoms with Crippen molar-refractivity contribution in [2.24, 2.45) is 0 Å². The third-order valence-corrected chi connectivity index (χ3v) is 5.12. The molecule has 4 nitrogen and oxygen atoms in total. The van der Waals surface area contributed by atoms with E-state index in [9.17, 15) is 0 Å². The molecule has 0 aliphatic heterocycles. The summed E-state index contributed by atoms with van der Waals surface area (Å²) in [4.78, 5) is 5.85. The van der Waals surface area contributed by atoms with Crippen molar-refractivity contribution >= 4 is 22.9 Å². The van der Waals surface area contributed by atoms with E-state index in [0.717, 1.165) is 16.3 Å². The minimum Gasteiger partial charge on any atom is -0.493 e. The molecule has 1 atom stereocenters. The Morgan fingerprint density at radius 3 is 2.57 bits per heavy atom. The van der Waals surface area contributed by atoms with Gasteiger partial charge in [0.1, 0.15) is 5.01 Å². The van der Waals surface area contributed by atoms with Crippen LogP contribution in [0, 0.1) is 6.92 Å². The quantitative estimate of drug-likeness (QED) is 0.899. The summed E-state index contributed by atoms with van der Waals surface area (Å²) in [7, 11) is 5.11. The Balaban J connectivity index is 2.52. The second-order valence-corrected chi connectivity index (χ2v) is 6.05. The average molecular weight is 327 g/mol. The molecule has 0 spiro atoms. The number of benzene rings is 1. The van der Waals surface area contributed by atoms with Crippen LogP contribution in [0.5, 0.6) is 11.5 Å². The molecular weight excluding hydrogens is 308 g/mol. The number of methoxy groups -OCH3 is 2. The van der Waals surface area contributed by atoms with Crippen molar-refractivity contribution in [2.75, 3.05) is 21.3 Å². The SMILES string of the molecule is CNC(C)c1sc(-c2ccc(OC)c(OC)c2Cl)nc1C. The minimum absolute atomic E-state index is 0.259. The Kier molecular flexibility index (Phi) is 5.08. The van der Waals surface area contributed by atoms with Crippen LogP contribution in [0.2, 0.25) is 5.02 Å². The fraction of sp³-hybridized carbons (Fsp3) is 0.400. The van der Waals surface area contributed by atoms with E-state index >= 15 is 0 Å². The third kappa shape index (κ3) is 3.00. The van der Waals surface area contributed by atoms with E-state index in [1.165, 1.54) is 4.88 Å². The highest BCUT2D eigenvalue weighted by Crippen LogP contribution is 2.43. The Hall–Kier alpha value is -1.30. The number of nitrogens with one attached hydrogen (secondary N) is 1. The highest BCUT2D eigenvalue weighted by atomic mass is 35.5. The number of rotatable bonds is 5. The van der Waals surface area contributed by atoms with Crippen molar-refractivity contribution in [1.29, 1.82) is 0 Å². The van der Waals surface area contributed by atoms with Gasteiger partial charge in [-0.15, -0.1) is 11.3 Å². The summed E-state index contributed by atoms with van der Waals surface area (Å²) in [5, 5.41) is 4.64. The number of hydrogen-bond donors (Lipinski definition) is 1. The monoisotopic (exact) mass is 326 g/mol. The Labute approximate surface area is 134 Å². The van der Waals surface area contributed by atoms with Gasteiger partial charge in [0.25, 0.3) is 0 Å². The summed E-state index contributed by atoms with van der Waals surface area (Å²) in [6.07, 6.45) is 0. The van der Waals surface area contributed by atoms with E-state index in [2.05, 4.69) is 17.2 Å². The molecule has 0 saturated carbocycles. The van der Waals surface area contributed by atoms with Crippen LogP contribution in [0.15, 0.2) is 12.1 Å². The van der Waals surface area contributed by atoms with Gasteiger partial charge in [-0.2, -0.15) is 0 Å². The third-order valence-electron chi connectivity index (χ3n) is 3.37. The molecule has 1 unspecified atom stereocenters. The van der Waals surface area contributed by atoms with Crippen LogP contribution in [-0.2, 0) is 0 Å². The van der Waals surface area contributed by atoms with Gasteiger partial charge in [-0.1, -0.05) is 11.6 Å². The summed E-state index contributed by atoms with van der Waals surface area (Å²) in [5.74, 6) is 1.15. The molecule has 0 radical (unpaired) electrons. The molecule has 6 heteroatoms. The van der Waals surface area contributed by atoms with Crippen LogP contribution >= 0.6 is 22.9 Å². The van der Waals surface area contributed by atoms with Crippen molar-refractivity contribution < 1.29 is 9.47 Å². The van der Waals surface area contributed by atoms with Gasteiger partial charge >= 0.3 is 0 Å². The maximum absolute atomic E-state index is 6.45. The van der Waals surface area contributed by atoms with Gasteiger partial charge < -0.3 is 14.8 Å². The Bertz CT molecular complexity index is 643. The molecule has 1 aromatic carbocycles. The van der Waals surface area contributed by atoms with Gasteiger partial charge in [0, 0.05) is 16.5 Å². The molecule has 0 aliphatic carbocycles. The predicted molar refractivity (Wildman–Crippen MR) is 87.9 cm³/mol. The fourth-order valence-electron chi connectivity index (χ4n) is 2.11. The number of aromatic nitrogens is 1. The lowest BCUT2D eigenvalue weighted by Crippen LogP contribution is -2.11. The molecule has 1 N–H and O–H groups in total. The van der Waals surface area contributed by atoms with Crippen LogP contribution in [0.3, 0.4) is 0 Å². The van der Waals surface area contributed by atoms with Crippen LogP contribution in [0.25, 0.3) is 10.6 Å². The van der Waals surface area contributed by atoms with E-state index in [1.54, 1.807) is 25.6 Å².